The van der Waals surface area contributed by atoms with Crippen LogP contribution >= 0.6 is 0 Å². The number of hydrogen-bond donors (Lipinski definition) is 0. The summed E-state index contributed by atoms with van der Waals surface area (Å²) in [6, 6.07) is 9.16. The highest BCUT2D eigenvalue weighted by atomic mass is 16.5. The van der Waals surface area contributed by atoms with Gasteiger partial charge in [0.2, 0.25) is 0 Å². The first kappa shape index (κ1) is 21.5. The van der Waals surface area contributed by atoms with E-state index in [-0.39, 0.29) is 0 Å². The summed E-state index contributed by atoms with van der Waals surface area (Å²) in [6.45, 7) is 5.93. The Morgan fingerprint density at radius 2 is 1.93 bits per heavy atom. The van der Waals surface area contributed by atoms with Crippen LogP contribution in [0.3, 0.4) is 0 Å². The van der Waals surface area contributed by atoms with Crippen molar-refractivity contribution in [1.29, 1.82) is 0 Å². The lowest BCUT2D eigenvalue weighted by molar-refractivity contribution is 0.0751. The first-order valence-corrected chi connectivity index (χ1v) is 11.7. The topological polar surface area (TPSA) is 41.7 Å². The van der Waals surface area contributed by atoms with Crippen LogP contribution < -0.4 is 0 Å². The molecule has 4 rings (SSSR count). The van der Waals surface area contributed by atoms with Crippen molar-refractivity contribution in [2.75, 3.05) is 26.7 Å². The van der Waals surface area contributed by atoms with E-state index in [9.17, 15) is 0 Å². The molecule has 5 heteroatoms. The number of furan rings is 1. The average Bonchev–Trinajstić information content (AvgIpc) is 3.22. The number of pyridine rings is 1. The zero-order chi connectivity index (χ0) is 20.6. The summed E-state index contributed by atoms with van der Waals surface area (Å²) >= 11 is 0. The smallest absolute Gasteiger partial charge is 0.129 e. The molecule has 0 bridgehead atoms. The number of hydrogen-bond acceptors (Lipinski definition) is 5. The second kappa shape index (κ2) is 11.1. The van der Waals surface area contributed by atoms with Crippen molar-refractivity contribution in [3.05, 3.63) is 53.7 Å². The van der Waals surface area contributed by atoms with Crippen LogP contribution in [-0.2, 0) is 24.4 Å². The maximum atomic E-state index is 6.01. The molecular formula is C25H37N3O2. The van der Waals surface area contributed by atoms with E-state index in [0.717, 1.165) is 43.1 Å². The van der Waals surface area contributed by atoms with Crippen molar-refractivity contribution in [1.82, 2.24) is 14.8 Å². The van der Waals surface area contributed by atoms with Gasteiger partial charge in [-0.3, -0.25) is 9.88 Å². The van der Waals surface area contributed by atoms with E-state index >= 15 is 0 Å². The molecule has 2 aromatic rings. The van der Waals surface area contributed by atoms with Crippen LogP contribution in [0.1, 0.15) is 62.0 Å². The van der Waals surface area contributed by atoms with Gasteiger partial charge in [-0.15, -0.1) is 0 Å². The lowest BCUT2D eigenvalue weighted by atomic mass is 9.90. The van der Waals surface area contributed by atoms with Crippen LogP contribution in [0.2, 0.25) is 0 Å². The van der Waals surface area contributed by atoms with Crippen molar-refractivity contribution in [2.45, 2.75) is 70.7 Å². The van der Waals surface area contributed by atoms with Crippen molar-refractivity contribution < 1.29 is 9.15 Å². The molecule has 2 aliphatic rings. The maximum Gasteiger partial charge on any atom is 0.129 e. The Morgan fingerprint density at radius 1 is 1.07 bits per heavy atom. The van der Waals surface area contributed by atoms with E-state index in [1.165, 1.54) is 63.6 Å². The van der Waals surface area contributed by atoms with Crippen LogP contribution in [0.5, 0.6) is 0 Å². The highest BCUT2D eigenvalue weighted by Gasteiger charge is 2.28. The second-order valence-electron chi connectivity index (χ2n) is 9.13. The number of nitrogens with zero attached hydrogens (tertiary/aromatic N) is 3. The zero-order valence-corrected chi connectivity index (χ0v) is 18.5. The fraction of sp³-hybridized carbons (Fsp3) is 0.640. The third-order valence-corrected chi connectivity index (χ3v) is 6.67. The number of rotatable bonds is 9. The van der Waals surface area contributed by atoms with Gasteiger partial charge in [0.05, 0.1) is 6.54 Å². The van der Waals surface area contributed by atoms with Crippen LogP contribution in [0.4, 0.5) is 0 Å². The monoisotopic (exact) mass is 411 g/mol. The largest absolute Gasteiger partial charge is 0.462 e. The highest BCUT2D eigenvalue weighted by molar-refractivity contribution is 5.10. The molecule has 2 aromatic heterocycles. The molecule has 2 fully saturated rings. The molecule has 30 heavy (non-hydrogen) atoms. The number of aromatic nitrogens is 1. The number of likely N-dealkylation sites (tertiary alicyclic amines) is 1. The molecular weight excluding hydrogens is 374 g/mol. The fourth-order valence-electron chi connectivity index (χ4n) is 5.27. The van der Waals surface area contributed by atoms with Gasteiger partial charge in [0.1, 0.15) is 18.1 Å². The summed E-state index contributed by atoms with van der Waals surface area (Å²) in [6.07, 6.45) is 13.6. The standard InChI is InChI=1S/C25H37N3O2/c1-29-20-25-12-11-24(30-25)19-27(16-21-7-5-13-26-15-21)17-22-8-6-14-28(18-22)23-9-3-2-4-10-23/h5,7,11-13,15,22-23H,2-4,6,8-10,14,16-20H2,1H3/t22-/m1/s1. The fourth-order valence-corrected chi connectivity index (χ4v) is 5.27. The minimum atomic E-state index is 0.529. The first-order chi connectivity index (χ1) is 14.8. The lowest BCUT2D eigenvalue weighted by Crippen LogP contribution is -2.46. The van der Waals surface area contributed by atoms with E-state index in [0.29, 0.717) is 6.61 Å². The molecule has 1 aliphatic carbocycles. The normalized spacial score (nSPS) is 21.3. The van der Waals surface area contributed by atoms with Crippen molar-refractivity contribution in [3.63, 3.8) is 0 Å². The van der Waals surface area contributed by atoms with Gasteiger partial charge >= 0.3 is 0 Å². The molecule has 1 saturated heterocycles. The average molecular weight is 412 g/mol. The third-order valence-electron chi connectivity index (χ3n) is 6.67. The third kappa shape index (κ3) is 6.16. The molecule has 164 valence electrons. The zero-order valence-electron chi connectivity index (χ0n) is 18.5. The van der Waals surface area contributed by atoms with Gasteiger partial charge in [0.15, 0.2) is 0 Å². The molecule has 0 unspecified atom stereocenters. The van der Waals surface area contributed by atoms with Gasteiger partial charge in [-0.05, 0) is 61.9 Å². The predicted octanol–water partition coefficient (Wildman–Crippen LogP) is 4.87. The van der Waals surface area contributed by atoms with Crippen LogP contribution in [-0.4, -0.2) is 47.6 Å². The SMILES string of the molecule is COCc1ccc(CN(Cc2cccnc2)C[C@H]2CCCN(C3CCCCC3)C2)o1. The van der Waals surface area contributed by atoms with Gasteiger partial charge in [0, 0.05) is 45.2 Å². The van der Waals surface area contributed by atoms with Crippen LogP contribution in [0.15, 0.2) is 41.1 Å². The second-order valence-corrected chi connectivity index (χ2v) is 9.13. The minimum Gasteiger partial charge on any atom is -0.462 e. The Balaban J connectivity index is 1.40. The molecule has 0 aromatic carbocycles. The van der Waals surface area contributed by atoms with Crippen molar-refractivity contribution >= 4 is 0 Å². The Hall–Kier alpha value is -1.69. The molecule has 1 aliphatic heterocycles. The molecule has 3 heterocycles. The molecule has 1 atom stereocenters. The molecule has 0 spiro atoms. The summed E-state index contributed by atoms with van der Waals surface area (Å²) in [5.74, 6) is 2.65. The van der Waals surface area contributed by atoms with Crippen molar-refractivity contribution in [2.24, 2.45) is 5.92 Å². The van der Waals surface area contributed by atoms with Gasteiger partial charge in [0.25, 0.3) is 0 Å². The number of methoxy groups -OCH3 is 1. The van der Waals surface area contributed by atoms with Gasteiger partial charge in [-0.2, -0.15) is 0 Å². The molecule has 0 radical (unpaired) electrons. The Morgan fingerprint density at radius 3 is 2.73 bits per heavy atom. The van der Waals surface area contributed by atoms with Crippen LogP contribution in [0, 0.1) is 5.92 Å². The summed E-state index contributed by atoms with van der Waals surface area (Å²) < 4.78 is 11.2. The summed E-state index contributed by atoms with van der Waals surface area (Å²) in [4.78, 5) is 9.67. The minimum absolute atomic E-state index is 0.529. The summed E-state index contributed by atoms with van der Waals surface area (Å²) in [7, 11) is 1.71. The van der Waals surface area contributed by atoms with E-state index in [1.807, 2.05) is 24.5 Å². The Bertz CT molecular complexity index is 742. The van der Waals surface area contributed by atoms with E-state index in [1.54, 1.807) is 7.11 Å². The molecule has 1 saturated carbocycles. The van der Waals surface area contributed by atoms with Crippen molar-refractivity contribution in [3.8, 4) is 0 Å². The predicted molar refractivity (Wildman–Crippen MR) is 119 cm³/mol. The molecule has 5 nitrogen and oxygen atoms in total. The number of piperidine rings is 1. The summed E-state index contributed by atoms with van der Waals surface area (Å²) in [5, 5.41) is 0. The maximum absolute atomic E-state index is 6.01. The molecule has 0 amide bonds. The quantitative estimate of drug-likeness (QED) is 0.589. The summed E-state index contributed by atoms with van der Waals surface area (Å²) in [5.41, 5.74) is 1.26. The Labute approximate surface area is 181 Å². The van der Waals surface area contributed by atoms with E-state index in [2.05, 4.69) is 26.9 Å². The van der Waals surface area contributed by atoms with E-state index < -0.39 is 0 Å². The van der Waals surface area contributed by atoms with E-state index in [4.69, 9.17) is 9.15 Å². The van der Waals surface area contributed by atoms with Crippen LogP contribution in [0.25, 0.3) is 0 Å². The van der Waals surface area contributed by atoms with Gasteiger partial charge < -0.3 is 14.1 Å². The van der Waals surface area contributed by atoms with Gasteiger partial charge in [-0.1, -0.05) is 25.3 Å². The number of ether oxygens (including phenoxy) is 1. The van der Waals surface area contributed by atoms with Gasteiger partial charge in [-0.25, -0.2) is 0 Å². The first-order valence-electron chi connectivity index (χ1n) is 11.7. The Kier molecular flexibility index (Phi) is 7.95. The highest BCUT2D eigenvalue weighted by Crippen LogP contribution is 2.28. The molecule has 0 N–H and O–H groups in total. The lowest BCUT2D eigenvalue weighted by Gasteiger charge is -2.41.